The number of rotatable bonds is 10. The van der Waals surface area contributed by atoms with Crippen molar-refractivity contribution in [1.29, 1.82) is 15.8 Å². The van der Waals surface area contributed by atoms with E-state index in [0.29, 0.717) is 12.1 Å². The Labute approximate surface area is 345 Å². The predicted octanol–water partition coefficient (Wildman–Crippen LogP) is 11.3. The molecule has 0 saturated carbocycles. The van der Waals surface area contributed by atoms with Crippen molar-refractivity contribution in [3.05, 3.63) is 164 Å². The summed E-state index contributed by atoms with van der Waals surface area (Å²) in [6.07, 6.45) is 11.9. The van der Waals surface area contributed by atoms with Crippen LogP contribution in [0, 0.1) is 52.2 Å². The average Bonchev–Trinajstić information content (AvgIpc) is 3.57. The fourth-order valence-electron chi connectivity index (χ4n) is 8.35. The van der Waals surface area contributed by atoms with E-state index in [0.717, 1.165) is 60.4 Å². The van der Waals surface area contributed by atoms with Gasteiger partial charge in [-0.2, -0.15) is 15.8 Å². The molecule has 0 bridgehead atoms. The van der Waals surface area contributed by atoms with Crippen molar-refractivity contribution in [2.75, 3.05) is 11.4 Å². The topological polar surface area (TPSA) is 119 Å². The van der Waals surface area contributed by atoms with Crippen molar-refractivity contribution >= 4 is 5.69 Å². The zero-order valence-electron chi connectivity index (χ0n) is 35.2. The Bertz CT molecular complexity index is 2380. The summed E-state index contributed by atoms with van der Waals surface area (Å²) in [7, 11) is 0. The number of nitriles is 3. The number of para-hydroxylation sites is 1. The molecule has 296 valence electrons. The van der Waals surface area contributed by atoms with Crippen LogP contribution in [-0.4, -0.2) is 12.1 Å². The summed E-state index contributed by atoms with van der Waals surface area (Å²) < 4.78 is 13.2. The molecule has 0 aromatic heterocycles. The molecular formula is C51H55N5O2. The summed E-state index contributed by atoms with van der Waals surface area (Å²) in [5.74, 6) is 1.87. The molecule has 3 aromatic rings. The van der Waals surface area contributed by atoms with Gasteiger partial charge in [0.2, 0.25) is 0 Å². The quantitative estimate of drug-likeness (QED) is 0.204. The Balaban J connectivity index is 1.55. The summed E-state index contributed by atoms with van der Waals surface area (Å²) in [6.45, 7) is 18.6. The summed E-state index contributed by atoms with van der Waals surface area (Å²) in [5.41, 5.74) is 14.5. The van der Waals surface area contributed by atoms with Gasteiger partial charge in [0.1, 0.15) is 40.9 Å². The number of aryl methyl sites for hydroxylation is 2. The van der Waals surface area contributed by atoms with Gasteiger partial charge in [-0.25, -0.2) is 0 Å². The van der Waals surface area contributed by atoms with Crippen LogP contribution >= 0.6 is 0 Å². The van der Waals surface area contributed by atoms with Crippen LogP contribution in [0.4, 0.5) is 5.69 Å². The van der Waals surface area contributed by atoms with E-state index in [1.165, 1.54) is 28.1 Å². The fraction of sp³-hybridized carbons (Fsp3) is 0.353. The van der Waals surface area contributed by atoms with Crippen molar-refractivity contribution in [2.24, 2.45) is 17.1 Å². The fourth-order valence-corrected chi connectivity index (χ4v) is 8.35. The van der Waals surface area contributed by atoms with Gasteiger partial charge in [0.25, 0.3) is 0 Å². The van der Waals surface area contributed by atoms with E-state index >= 15 is 0 Å². The molecule has 0 fully saturated rings. The largest absolute Gasteiger partial charge is 0.480 e. The first-order valence-corrected chi connectivity index (χ1v) is 20.2. The maximum Gasteiger partial charge on any atom is 0.172 e. The minimum absolute atomic E-state index is 0.0246. The number of nitrogens with two attached hydrogens (primary N) is 1. The summed E-state index contributed by atoms with van der Waals surface area (Å²) in [5, 5.41) is 29.7. The summed E-state index contributed by atoms with van der Waals surface area (Å²) >= 11 is 0. The third-order valence-electron chi connectivity index (χ3n) is 11.8. The molecule has 3 aromatic carbocycles. The highest BCUT2D eigenvalue weighted by Gasteiger charge is 2.41. The van der Waals surface area contributed by atoms with Gasteiger partial charge < -0.3 is 20.1 Å². The number of hydrogen-bond donors (Lipinski definition) is 1. The van der Waals surface area contributed by atoms with Crippen LogP contribution in [-0.2, 0) is 23.1 Å². The molecule has 7 nitrogen and oxygen atoms in total. The second-order valence-corrected chi connectivity index (χ2v) is 17.7. The molecule has 3 aliphatic rings. The molecule has 2 N–H and O–H groups in total. The molecular weight excluding hydrogens is 715 g/mol. The molecule has 7 heteroatoms. The van der Waals surface area contributed by atoms with Crippen LogP contribution in [0.5, 0.6) is 5.75 Å². The number of anilines is 1. The van der Waals surface area contributed by atoms with E-state index in [1.807, 2.05) is 32.1 Å². The SMILES string of the molecule is Cc1cc(CCCN)ccc1OC1=C(/C=C/C2=C(C#N)C(=C(C#N)C#N)OC2(C)C)CC(C(C)(C)C)C/C1=C\C=C1\N(Cc2ccccc2)c2ccccc2C1(C)C. The second-order valence-electron chi connectivity index (χ2n) is 17.7. The first-order valence-electron chi connectivity index (χ1n) is 20.2. The van der Waals surface area contributed by atoms with Gasteiger partial charge >= 0.3 is 0 Å². The molecule has 0 amide bonds. The normalized spacial score (nSPS) is 19.9. The second kappa shape index (κ2) is 16.8. The average molecular weight is 770 g/mol. The van der Waals surface area contributed by atoms with E-state index in [2.05, 4.69) is 144 Å². The van der Waals surface area contributed by atoms with Crippen molar-refractivity contribution < 1.29 is 9.47 Å². The molecule has 1 unspecified atom stereocenters. The minimum Gasteiger partial charge on any atom is -0.480 e. The van der Waals surface area contributed by atoms with Crippen LogP contribution in [0.3, 0.4) is 0 Å². The molecule has 0 radical (unpaired) electrons. The highest BCUT2D eigenvalue weighted by atomic mass is 16.5. The predicted molar refractivity (Wildman–Crippen MR) is 232 cm³/mol. The van der Waals surface area contributed by atoms with Gasteiger partial charge in [0.15, 0.2) is 11.3 Å². The number of nitrogens with zero attached hydrogens (tertiary/aromatic N) is 4. The van der Waals surface area contributed by atoms with E-state index < -0.39 is 5.60 Å². The molecule has 2 heterocycles. The Morgan fingerprint density at radius 3 is 2.28 bits per heavy atom. The van der Waals surface area contributed by atoms with E-state index in [-0.39, 0.29) is 33.7 Å². The first-order chi connectivity index (χ1) is 27.6. The monoisotopic (exact) mass is 769 g/mol. The van der Waals surface area contributed by atoms with Crippen LogP contribution < -0.4 is 15.4 Å². The highest BCUT2D eigenvalue weighted by molar-refractivity contribution is 5.71. The summed E-state index contributed by atoms with van der Waals surface area (Å²) in [4.78, 5) is 2.45. The van der Waals surface area contributed by atoms with Gasteiger partial charge in [-0.1, -0.05) is 114 Å². The van der Waals surface area contributed by atoms with Gasteiger partial charge in [0.05, 0.1) is 0 Å². The molecule has 6 rings (SSSR count). The zero-order chi connectivity index (χ0) is 41.8. The third kappa shape index (κ3) is 8.45. The van der Waals surface area contributed by atoms with Crippen LogP contribution in [0.15, 0.2) is 142 Å². The molecule has 1 atom stereocenters. The first kappa shape index (κ1) is 41.6. The maximum absolute atomic E-state index is 10.3. The van der Waals surface area contributed by atoms with Crippen molar-refractivity contribution in [2.45, 2.75) is 98.6 Å². The lowest BCUT2D eigenvalue weighted by molar-refractivity contribution is 0.0954. The Morgan fingerprint density at radius 1 is 0.914 bits per heavy atom. The molecule has 1 aliphatic carbocycles. The lowest BCUT2D eigenvalue weighted by Crippen LogP contribution is -2.27. The van der Waals surface area contributed by atoms with Crippen molar-refractivity contribution in [3.8, 4) is 24.0 Å². The molecule has 58 heavy (non-hydrogen) atoms. The highest BCUT2D eigenvalue weighted by Crippen LogP contribution is 2.50. The van der Waals surface area contributed by atoms with Crippen molar-refractivity contribution in [1.82, 2.24) is 0 Å². The lowest BCUT2D eigenvalue weighted by atomic mass is 9.70. The van der Waals surface area contributed by atoms with Gasteiger partial charge in [0, 0.05) is 28.9 Å². The van der Waals surface area contributed by atoms with E-state index in [9.17, 15) is 15.8 Å². The molecule has 0 spiro atoms. The van der Waals surface area contributed by atoms with Crippen LogP contribution in [0.25, 0.3) is 0 Å². The Kier molecular flexibility index (Phi) is 12.0. The van der Waals surface area contributed by atoms with Crippen LogP contribution in [0.2, 0.25) is 0 Å². The van der Waals surface area contributed by atoms with E-state index in [1.54, 1.807) is 0 Å². The number of benzene rings is 3. The standard InChI is InChI=1S/C51H55N5O2/c1-34-27-35(17-14-26-52)20-24-45(34)57-47-37(21-23-42-41(32-55)48(39(30-53)31-54)58-51(42,7)8)28-40(49(2,3)4)29-38(47)22-25-46-50(5,6)43-18-12-13-19-44(43)56(46)33-36-15-10-9-11-16-36/h9-13,15-16,18-25,27,40H,14,17,26,28-29,33,52H2,1-8H3/b23-21+,38-22+,46-25+. The Hall–Kier alpha value is -6.07. The number of fused-ring (bicyclic) bond motifs is 1. The smallest absolute Gasteiger partial charge is 0.172 e. The van der Waals surface area contributed by atoms with Gasteiger partial charge in [-0.15, -0.1) is 0 Å². The zero-order valence-corrected chi connectivity index (χ0v) is 35.2. The lowest BCUT2D eigenvalue weighted by Gasteiger charge is -2.37. The Morgan fingerprint density at radius 2 is 1.62 bits per heavy atom. The number of allylic oxidation sites excluding steroid dienone is 8. The number of hydrogen-bond acceptors (Lipinski definition) is 7. The maximum atomic E-state index is 10.3. The summed E-state index contributed by atoms with van der Waals surface area (Å²) in [6, 6.07) is 31.7. The van der Waals surface area contributed by atoms with E-state index in [4.69, 9.17) is 15.2 Å². The third-order valence-corrected chi connectivity index (χ3v) is 11.8. The van der Waals surface area contributed by atoms with Crippen LogP contribution in [0.1, 0.15) is 90.0 Å². The minimum atomic E-state index is -0.945. The molecule has 2 aliphatic heterocycles. The van der Waals surface area contributed by atoms with Gasteiger partial charge in [-0.05, 0) is 116 Å². The number of ether oxygens (including phenoxy) is 2. The van der Waals surface area contributed by atoms with Crippen molar-refractivity contribution in [3.63, 3.8) is 0 Å². The molecule has 0 saturated heterocycles. The van der Waals surface area contributed by atoms with Gasteiger partial charge in [-0.3, -0.25) is 0 Å².